The summed E-state index contributed by atoms with van der Waals surface area (Å²) < 4.78 is 11.7. The Hall–Kier alpha value is -1.01. The molecule has 5 heteroatoms. The lowest BCUT2D eigenvalue weighted by Crippen LogP contribution is -2.55. The fourth-order valence-electron chi connectivity index (χ4n) is 3.26. The fourth-order valence-corrected chi connectivity index (χ4v) is 3.26. The highest BCUT2D eigenvalue weighted by atomic mass is 16.7. The topological polar surface area (TPSA) is 60.6 Å². The third-order valence-electron chi connectivity index (χ3n) is 4.39. The molecular formula is C15H23N3O2. The number of pyridine rings is 1. The second-order valence-corrected chi connectivity index (χ2v) is 5.82. The maximum absolute atomic E-state index is 6.31. The fraction of sp³-hybridized carbons (Fsp3) is 0.667. The van der Waals surface area contributed by atoms with Gasteiger partial charge in [-0.2, -0.15) is 0 Å². The van der Waals surface area contributed by atoms with E-state index in [0.29, 0.717) is 13.2 Å². The maximum atomic E-state index is 6.31. The second-order valence-electron chi connectivity index (χ2n) is 5.82. The number of ether oxygens (including phenoxy) is 2. The molecule has 3 rings (SSSR count). The first-order valence-corrected chi connectivity index (χ1v) is 7.32. The van der Waals surface area contributed by atoms with Crippen molar-refractivity contribution in [1.29, 1.82) is 0 Å². The first-order chi connectivity index (χ1) is 9.69. The lowest BCUT2D eigenvalue weighted by atomic mass is 9.85. The number of hydrogen-bond acceptors (Lipinski definition) is 5. The molecule has 2 heterocycles. The maximum Gasteiger partial charge on any atom is 0.170 e. The van der Waals surface area contributed by atoms with E-state index in [1.165, 1.54) is 0 Å². The molecule has 0 radical (unpaired) electrons. The predicted molar refractivity (Wildman–Crippen MR) is 76.0 cm³/mol. The Bertz CT molecular complexity index is 434. The average molecular weight is 277 g/mol. The molecule has 1 aromatic heterocycles. The molecule has 2 unspecified atom stereocenters. The quantitative estimate of drug-likeness (QED) is 0.897. The van der Waals surface area contributed by atoms with E-state index in [1.807, 2.05) is 24.4 Å². The predicted octanol–water partition coefficient (Wildman–Crippen LogP) is 1.14. The lowest BCUT2D eigenvalue weighted by molar-refractivity contribution is -0.191. The summed E-state index contributed by atoms with van der Waals surface area (Å²) in [5, 5.41) is 0. The minimum absolute atomic E-state index is 0.169. The number of aromatic nitrogens is 1. The van der Waals surface area contributed by atoms with E-state index in [9.17, 15) is 0 Å². The molecule has 2 fully saturated rings. The summed E-state index contributed by atoms with van der Waals surface area (Å²) >= 11 is 0. The average Bonchev–Trinajstić information content (AvgIpc) is 2.91. The van der Waals surface area contributed by atoms with E-state index in [2.05, 4.69) is 16.9 Å². The Balaban J connectivity index is 1.67. The van der Waals surface area contributed by atoms with Crippen LogP contribution >= 0.6 is 0 Å². The van der Waals surface area contributed by atoms with Gasteiger partial charge >= 0.3 is 0 Å². The van der Waals surface area contributed by atoms with Crippen LogP contribution in [0, 0.1) is 0 Å². The van der Waals surface area contributed by atoms with Crippen molar-refractivity contribution in [2.24, 2.45) is 5.73 Å². The minimum atomic E-state index is -0.390. The zero-order valence-electron chi connectivity index (χ0n) is 12.0. The third-order valence-corrected chi connectivity index (χ3v) is 4.39. The van der Waals surface area contributed by atoms with Crippen molar-refractivity contribution in [3.63, 3.8) is 0 Å². The van der Waals surface area contributed by atoms with Crippen molar-refractivity contribution in [3.8, 4) is 0 Å². The van der Waals surface area contributed by atoms with E-state index in [0.717, 1.165) is 31.5 Å². The van der Waals surface area contributed by atoms with Crippen molar-refractivity contribution in [1.82, 2.24) is 9.88 Å². The zero-order valence-corrected chi connectivity index (χ0v) is 12.0. The van der Waals surface area contributed by atoms with Crippen LogP contribution in [0.3, 0.4) is 0 Å². The number of likely N-dealkylation sites (N-methyl/N-ethyl adjacent to an activating group) is 1. The molecule has 2 atom stereocenters. The normalized spacial score (nSPS) is 29.1. The van der Waals surface area contributed by atoms with Gasteiger partial charge in [-0.15, -0.1) is 0 Å². The van der Waals surface area contributed by atoms with Gasteiger partial charge < -0.3 is 15.2 Å². The Morgan fingerprint density at radius 3 is 2.90 bits per heavy atom. The summed E-state index contributed by atoms with van der Waals surface area (Å²) in [7, 11) is 2.10. The van der Waals surface area contributed by atoms with E-state index in [-0.39, 0.29) is 17.9 Å². The summed E-state index contributed by atoms with van der Waals surface area (Å²) in [5.41, 5.74) is 7.38. The second kappa shape index (κ2) is 5.77. The van der Waals surface area contributed by atoms with E-state index in [4.69, 9.17) is 15.2 Å². The van der Waals surface area contributed by atoms with Gasteiger partial charge in [0.1, 0.15) is 0 Å². The highest BCUT2D eigenvalue weighted by Gasteiger charge is 2.45. The van der Waals surface area contributed by atoms with Gasteiger partial charge in [0.25, 0.3) is 0 Å². The van der Waals surface area contributed by atoms with Crippen molar-refractivity contribution in [2.75, 3.05) is 20.3 Å². The first kappa shape index (κ1) is 13.9. The Kier molecular flexibility index (Phi) is 4.03. The SMILES string of the molecule is CN(Cc1ccccn1)C1CC2(CCC1N)OCCO2. The Labute approximate surface area is 120 Å². The Morgan fingerprint density at radius 1 is 1.40 bits per heavy atom. The van der Waals surface area contributed by atoms with Crippen molar-refractivity contribution in [2.45, 2.75) is 43.7 Å². The summed E-state index contributed by atoms with van der Waals surface area (Å²) in [6, 6.07) is 6.43. The van der Waals surface area contributed by atoms with Crippen LogP contribution in [0.15, 0.2) is 24.4 Å². The van der Waals surface area contributed by atoms with E-state index in [1.54, 1.807) is 0 Å². The number of rotatable bonds is 3. The molecular weight excluding hydrogens is 254 g/mol. The van der Waals surface area contributed by atoms with Crippen molar-refractivity contribution in [3.05, 3.63) is 30.1 Å². The van der Waals surface area contributed by atoms with Gasteiger partial charge in [0.15, 0.2) is 5.79 Å². The van der Waals surface area contributed by atoms with Crippen LogP contribution < -0.4 is 5.73 Å². The molecule has 1 aromatic rings. The third kappa shape index (κ3) is 2.86. The molecule has 1 spiro atoms. The monoisotopic (exact) mass is 277 g/mol. The molecule has 1 saturated carbocycles. The number of nitrogens with two attached hydrogens (primary N) is 1. The van der Waals surface area contributed by atoms with Crippen LogP contribution in [0.4, 0.5) is 0 Å². The van der Waals surface area contributed by atoms with Gasteiger partial charge in [0.05, 0.1) is 18.9 Å². The highest BCUT2D eigenvalue weighted by molar-refractivity contribution is 5.04. The molecule has 2 aliphatic rings. The van der Waals surface area contributed by atoms with Crippen molar-refractivity contribution >= 4 is 0 Å². The summed E-state index contributed by atoms with van der Waals surface area (Å²) in [5.74, 6) is -0.390. The van der Waals surface area contributed by atoms with Gasteiger partial charge in [-0.1, -0.05) is 6.07 Å². The smallest absolute Gasteiger partial charge is 0.170 e. The number of nitrogens with zero attached hydrogens (tertiary/aromatic N) is 2. The molecule has 20 heavy (non-hydrogen) atoms. The molecule has 1 saturated heterocycles. The van der Waals surface area contributed by atoms with Crippen LogP contribution in [-0.2, 0) is 16.0 Å². The van der Waals surface area contributed by atoms with E-state index < -0.39 is 0 Å². The van der Waals surface area contributed by atoms with Gasteiger partial charge in [0.2, 0.25) is 0 Å². The van der Waals surface area contributed by atoms with Crippen LogP contribution in [0.1, 0.15) is 25.0 Å². The van der Waals surface area contributed by atoms with Gasteiger partial charge in [-0.05, 0) is 25.6 Å². The van der Waals surface area contributed by atoms with E-state index >= 15 is 0 Å². The van der Waals surface area contributed by atoms with Gasteiger partial charge in [-0.25, -0.2) is 0 Å². The van der Waals surface area contributed by atoms with Gasteiger partial charge in [-0.3, -0.25) is 9.88 Å². The van der Waals surface area contributed by atoms with Gasteiger partial charge in [0, 0.05) is 37.7 Å². The summed E-state index contributed by atoms with van der Waals surface area (Å²) in [6.45, 7) is 2.20. The standard InChI is InChI=1S/C15H23N3O2/c1-18(11-12-4-2-3-7-17-12)14-10-15(6-5-13(14)16)19-8-9-20-15/h2-4,7,13-14H,5-6,8-11,16H2,1H3. The molecule has 5 nitrogen and oxygen atoms in total. The van der Waals surface area contributed by atoms with Crippen LogP contribution in [0.5, 0.6) is 0 Å². The number of hydrogen-bond donors (Lipinski definition) is 1. The van der Waals surface area contributed by atoms with Crippen LogP contribution in [0.2, 0.25) is 0 Å². The first-order valence-electron chi connectivity index (χ1n) is 7.32. The van der Waals surface area contributed by atoms with Crippen molar-refractivity contribution < 1.29 is 9.47 Å². The summed E-state index contributed by atoms with van der Waals surface area (Å²) in [6.07, 6.45) is 4.52. The molecule has 0 amide bonds. The molecule has 2 N–H and O–H groups in total. The Morgan fingerprint density at radius 2 is 2.20 bits per heavy atom. The highest BCUT2D eigenvalue weighted by Crippen LogP contribution is 2.37. The van der Waals surface area contributed by atoms with Crippen LogP contribution in [0.25, 0.3) is 0 Å². The largest absolute Gasteiger partial charge is 0.347 e. The molecule has 110 valence electrons. The molecule has 1 aliphatic heterocycles. The summed E-state index contributed by atoms with van der Waals surface area (Å²) in [4.78, 5) is 6.66. The molecule has 0 bridgehead atoms. The molecule has 1 aliphatic carbocycles. The minimum Gasteiger partial charge on any atom is -0.347 e. The molecule has 0 aromatic carbocycles. The zero-order chi connectivity index (χ0) is 14.0. The van der Waals surface area contributed by atoms with Crippen LogP contribution in [-0.4, -0.2) is 48.0 Å². The lowest BCUT2D eigenvalue weighted by Gasteiger charge is -2.43.